The van der Waals surface area contributed by atoms with Crippen molar-refractivity contribution in [2.24, 2.45) is 5.73 Å². The molecular formula is C37H45NO3. The summed E-state index contributed by atoms with van der Waals surface area (Å²) in [4.78, 5) is 0. The predicted molar refractivity (Wildman–Crippen MR) is 168 cm³/mol. The third-order valence-corrected chi connectivity index (χ3v) is 7.65. The number of hydrogen-bond donors (Lipinski definition) is 2. The van der Waals surface area contributed by atoms with Crippen LogP contribution in [0.4, 0.5) is 0 Å². The van der Waals surface area contributed by atoms with Gasteiger partial charge in [-0.25, -0.2) is 0 Å². The molecule has 0 aliphatic carbocycles. The monoisotopic (exact) mass is 551 g/mol. The Hall–Kier alpha value is -3.60. The Morgan fingerprint density at radius 3 is 1.29 bits per heavy atom. The maximum Gasteiger partial charge on any atom is 0.136 e. The lowest BCUT2D eigenvalue weighted by atomic mass is 9.75. The number of rotatable bonds is 9. The maximum absolute atomic E-state index is 12.9. The summed E-state index contributed by atoms with van der Waals surface area (Å²) >= 11 is 0. The first-order chi connectivity index (χ1) is 19.3. The zero-order chi connectivity index (χ0) is 29.8. The fourth-order valence-electron chi connectivity index (χ4n) is 4.95. The van der Waals surface area contributed by atoms with Gasteiger partial charge < -0.3 is 20.3 Å². The van der Waals surface area contributed by atoms with E-state index in [1.165, 1.54) is 0 Å². The molecule has 4 heteroatoms. The van der Waals surface area contributed by atoms with Gasteiger partial charge in [0.25, 0.3) is 0 Å². The van der Waals surface area contributed by atoms with Crippen LogP contribution >= 0.6 is 0 Å². The molecule has 4 aromatic rings. The average Bonchev–Trinajstić information content (AvgIpc) is 2.94. The van der Waals surface area contributed by atoms with Crippen LogP contribution < -0.4 is 15.2 Å². The van der Waals surface area contributed by atoms with E-state index in [0.717, 1.165) is 22.3 Å². The minimum absolute atomic E-state index is 0.147. The summed E-state index contributed by atoms with van der Waals surface area (Å²) in [5, 5.41) is 12.9. The van der Waals surface area contributed by atoms with Crippen LogP contribution in [0.3, 0.4) is 0 Å². The lowest BCUT2D eigenvalue weighted by Gasteiger charge is -2.37. The normalized spacial score (nSPS) is 13.1. The van der Waals surface area contributed by atoms with Gasteiger partial charge in [0.1, 0.15) is 30.3 Å². The second-order valence-corrected chi connectivity index (χ2v) is 13.0. The average molecular weight is 552 g/mol. The quantitative estimate of drug-likeness (QED) is 0.221. The Balaban J connectivity index is 1.90. The van der Waals surface area contributed by atoms with Crippen LogP contribution in [0.15, 0.2) is 97.1 Å². The molecule has 0 saturated carbocycles. The number of ether oxygens (including phenoxy) is 2. The van der Waals surface area contributed by atoms with Crippen molar-refractivity contribution in [2.75, 3.05) is 0 Å². The first-order valence-electron chi connectivity index (χ1n) is 14.4. The van der Waals surface area contributed by atoms with Gasteiger partial charge in [-0.1, -0.05) is 114 Å². The van der Waals surface area contributed by atoms with Crippen LogP contribution in [0.5, 0.6) is 11.5 Å². The summed E-state index contributed by atoms with van der Waals surface area (Å²) in [5.74, 6) is 1.19. The Kier molecular flexibility index (Phi) is 8.96. The molecule has 3 N–H and O–H groups in total. The Bertz CT molecular complexity index is 1330. The van der Waals surface area contributed by atoms with Gasteiger partial charge in [0.15, 0.2) is 0 Å². The van der Waals surface area contributed by atoms with Crippen molar-refractivity contribution < 1.29 is 14.6 Å². The SMILES string of the molecule is C[C@H](N)C(O)(c1cc(C(C)(C)C)ccc1OCc1ccccc1)c1cc(C(C)(C)C)ccc1OCc1ccccc1. The van der Waals surface area contributed by atoms with Crippen LogP contribution in [0.2, 0.25) is 0 Å². The smallest absolute Gasteiger partial charge is 0.136 e. The van der Waals surface area contributed by atoms with E-state index in [1.807, 2.05) is 79.7 Å². The molecule has 0 bridgehead atoms. The molecule has 0 aliphatic heterocycles. The molecule has 4 nitrogen and oxygen atoms in total. The van der Waals surface area contributed by atoms with E-state index in [1.54, 1.807) is 0 Å². The number of aliphatic hydroxyl groups is 1. The highest BCUT2D eigenvalue weighted by Gasteiger charge is 2.42. The summed E-state index contributed by atoms with van der Waals surface area (Å²) in [6, 6.07) is 31.6. The van der Waals surface area contributed by atoms with Crippen LogP contribution in [0, 0.1) is 0 Å². The number of benzene rings is 4. The third kappa shape index (κ3) is 7.01. The van der Waals surface area contributed by atoms with Gasteiger partial charge in [0, 0.05) is 17.2 Å². The van der Waals surface area contributed by atoms with Crippen molar-refractivity contribution in [2.45, 2.75) is 84.2 Å². The summed E-state index contributed by atoms with van der Waals surface area (Å²) in [7, 11) is 0. The highest BCUT2D eigenvalue weighted by Crippen LogP contribution is 2.45. The Morgan fingerprint density at radius 2 is 0.976 bits per heavy atom. The first kappa shape index (κ1) is 30.4. The second kappa shape index (κ2) is 12.1. The van der Waals surface area contributed by atoms with Gasteiger partial charge in [-0.2, -0.15) is 0 Å². The molecule has 0 aromatic heterocycles. The summed E-state index contributed by atoms with van der Waals surface area (Å²) in [6.45, 7) is 15.6. The van der Waals surface area contributed by atoms with E-state index in [2.05, 4.69) is 65.8 Å². The highest BCUT2D eigenvalue weighted by atomic mass is 16.5. The number of nitrogens with two attached hydrogens (primary N) is 1. The van der Waals surface area contributed by atoms with Crippen LogP contribution in [0.1, 0.15) is 81.8 Å². The fraction of sp³-hybridized carbons (Fsp3) is 0.351. The molecule has 0 saturated heterocycles. The second-order valence-electron chi connectivity index (χ2n) is 13.0. The molecule has 0 spiro atoms. The molecule has 0 radical (unpaired) electrons. The van der Waals surface area contributed by atoms with Gasteiger partial charge in [0.2, 0.25) is 0 Å². The van der Waals surface area contributed by atoms with Crippen molar-refractivity contribution in [3.63, 3.8) is 0 Å². The standard InChI is InChI=1S/C37H45NO3/c1-26(38)37(39,31-22-29(35(2,3)4)18-20-33(31)40-24-27-14-10-8-11-15-27)32-23-30(36(5,6)7)19-21-34(32)41-25-28-16-12-9-13-17-28/h8-23,26,39H,24-25,38H2,1-7H3/t26-/m0/s1. The molecule has 0 heterocycles. The number of hydrogen-bond acceptors (Lipinski definition) is 4. The fourth-order valence-corrected chi connectivity index (χ4v) is 4.95. The summed E-state index contributed by atoms with van der Waals surface area (Å²) in [5.41, 5.74) is 10.4. The molecule has 216 valence electrons. The Labute approximate surface area is 246 Å². The minimum atomic E-state index is -1.60. The van der Waals surface area contributed by atoms with E-state index >= 15 is 0 Å². The van der Waals surface area contributed by atoms with Crippen molar-refractivity contribution in [3.05, 3.63) is 130 Å². The van der Waals surface area contributed by atoms with Crippen molar-refractivity contribution in [3.8, 4) is 11.5 Å². The van der Waals surface area contributed by atoms with Crippen LogP contribution in [-0.4, -0.2) is 11.1 Å². The molecule has 1 atom stereocenters. The van der Waals surface area contributed by atoms with Crippen molar-refractivity contribution in [1.29, 1.82) is 0 Å². The molecule has 0 unspecified atom stereocenters. The predicted octanol–water partition coefficient (Wildman–Crippen LogP) is 8.02. The van der Waals surface area contributed by atoms with Crippen LogP contribution in [0.25, 0.3) is 0 Å². The van der Waals surface area contributed by atoms with E-state index in [9.17, 15) is 5.11 Å². The molecule has 41 heavy (non-hydrogen) atoms. The van der Waals surface area contributed by atoms with Gasteiger partial charge in [-0.05, 0) is 64.3 Å². The largest absolute Gasteiger partial charge is 0.488 e. The maximum atomic E-state index is 12.9. The van der Waals surface area contributed by atoms with Crippen molar-refractivity contribution >= 4 is 0 Å². The van der Waals surface area contributed by atoms with Gasteiger partial charge in [0.05, 0.1) is 0 Å². The minimum Gasteiger partial charge on any atom is -0.488 e. The molecule has 0 amide bonds. The zero-order valence-corrected chi connectivity index (χ0v) is 25.6. The van der Waals surface area contributed by atoms with Crippen LogP contribution in [-0.2, 0) is 29.6 Å². The molecule has 4 aromatic carbocycles. The van der Waals surface area contributed by atoms with E-state index < -0.39 is 11.6 Å². The van der Waals surface area contributed by atoms with Gasteiger partial charge >= 0.3 is 0 Å². The van der Waals surface area contributed by atoms with E-state index in [4.69, 9.17) is 15.2 Å². The van der Waals surface area contributed by atoms with E-state index in [-0.39, 0.29) is 10.8 Å². The summed E-state index contributed by atoms with van der Waals surface area (Å²) in [6.07, 6.45) is 0. The summed E-state index contributed by atoms with van der Waals surface area (Å²) < 4.78 is 12.8. The highest BCUT2D eigenvalue weighted by molar-refractivity contribution is 5.54. The van der Waals surface area contributed by atoms with Gasteiger partial charge in [-0.3, -0.25) is 0 Å². The molecule has 4 rings (SSSR count). The first-order valence-corrected chi connectivity index (χ1v) is 14.4. The van der Waals surface area contributed by atoms with Crippen molar-refractivity contribution in [1.82, 2.24) is 0 Å². The zero-order valence-electron chi connectivity index (χ0n) is 25.6. The molecular weight excluding hydrogens is 506 g/mol. The third-order valence-electron chi connectivity index (χ3n) is 7.65. The van der Waals surface area contributed by atoms with Gasteiger partial charge in [-0.15, -0.1) is 0 Å². The van der Waals surface area contributed by atoms with E-state index in [0.29, 0.717) is 35.8 Å². The molecule has 0 fully saturated rings. The lowest BCUT2D eigenvalue weighted by molar-refractivity contribution is 0.0504. The molecule has 0 aliphatic rings. The Morgan fingerprint density at radius 1 is 0.610 bits per heavy atom. The lowest BCUT2D eigenvalue weighted by Crippen LogP contribution is -2.45. The topological polar surface area (TPSA) is 64.7 Å².